The summed E-state index contributed by atoms with van der Waals surface area (Å²) in [5, 5.41) is 6.51. The van der Waals surface area contributed by atoms with Crippen LogP contribution >= 0.6 is 23.2 Å². The van der Waals surface area contributed by atoms with E-state index in [1.165, 1.54) is 6.42 Å². The molecular weight excluding hydrogens is 673 g/mol. The number of halogens is 2. The van der Waals surface area contributed by atoms with Crippen molar-refractivity contribution in [1.82, 2.24) is 19.8 Å². The van der Waals surface area contributed by atoms with E-state index in [1.807, 2.05) is 29.2 Å². The van der Waals surface area contributed by atoms with Gasteiger partial charge < -0.3 is 34.4 Å². The number of hydrogen-bond donors (Lipinski definition) is 1. The number of hydrogen-bond acceptors (Lipinski definition) is 9. The molecule has 3 aromatic carbocycles. The molecule has 262 valence electrons. The molecule has 10 nitrogen and oxygen atoms in total. The number of ether oxygens (including phenoxy) is 2. The van der Waals surface area contributed by atoms with Gasteiger partial charge in [0.25, 0.3) is 5.91 Å². The van der Waals surface area contributed by atoms with Crippen LogP contribution in [-0.4, -0.2) is 98.3 Å². The van der Waals surface area contributed by atoms with E-state index in [-0.39, 0.29) is 12.5 Å². The van der Waals surface area contributed by atoms with Crippen LogP contribution in [0.5, 0.6) is 11.8 Å². The summed E-state index contributed by atoms with van der Waals surface area (Å²) >= 11 is 13.0. The van der Waals surface area contributed by atoms with E-state index >= 15 is 0 Å². The van der Waals surface area contributed by atoms with Gasteiger partial charge in [0.2, 0.25) is 0 Å². The van der Waals surface area contributed by atoms with Crippen molar-refractivity contribution in [2.45, 2.75) is 31.8 Å². The first kappa shape index (κ1) is 34.2. The van der Waals surface area contributed by atoms with Crippen molar-refractivity contribution < 1.29 is 14.3 Å². The average molecular weight is 717 g/mol. The number of benzene rings is 3. The SMILES string of the molecule is C=C(COc1cccc(Cl)c1NC)C(=O)N1CCN(c2nc(OCC3CCCN3C)nc3c2CCN(c2cccc4cccc(Cl)c24)C3)CC1. The van der Waals surface area contributed by atoms with Gasteiger partial charge in [-0.15, -0.1) is 0 Å². The molecule has 0 spiro atoms. The van der Waals surface area contributed by atoms with Crippen LogP contribution in [0, 0.1) is 0 Å². The summed E-state index contributed by atoms with van der Waals surface area (Å²) in [4.78, 5) is 32.3. The zero-order valence-corrected chi connectivity index (χ0v) is 30.1. The highest BCUT2D eigenvalue weighted by Gasteiger charge is 2.31. The molecule has 1 amide bonds. The highest BCUT2D eigenvalue weighted by Crippen LogP contribution is 2.37. The van der Waals surface area contributed by atoms with Crippen LogP contribution in [-0.2, 0) is 17.8 Å². The van der Waals surface area contributed by atoms with Crippen LogP contribution in [0.1, 0.15) is 24.1 Å². The Bertz CT molecular complexity index is 1890. The van der Waals surface area contributed by atoms with Crippen LogP contribution in [0.4, 0.5) is 17.2 Å². The quantitative estimate of drug-likeness (QED) is 0.190. The second kappa shape index (κ2) is 14.9. The van der Waals surface area contributed by atoms with Gasteiger partial charge in [-0.3, -0.25) is 4.79 Å². The Morgan fingerprint density at radius 2 is 1.70 bits per heavy atom. The monoisotopic (exact) mass is 715 g/mol. The number of piperazine rings is 1. The molecule has 0 aliphatic carbocycles. The highest BCUT2D eigenvalue weighted by atomic mass is 35.5. The van der Waals surface area contributed by atoms with Crippen LogP contribution in [0.2, 0.25) is 10.0 Å². The van der Waals surface area contributed by atoms with Gasteiger partial charge in [0.1, 0.15) is 24.8 Å². The first-order valence-corrected chi connectivity index (χ1v) is 18.0. The molecule has 1 N–H and O–H groups in total. The van der Waals surface area contributed by atoms with Gasteiger partial charge >= 0.3 is 6.01 Å². The van der Waals surface area contributed by atoms with Gasteiger partial charge in [-0.05, 0) is 62.5 Å². The summed E-state index contributed by atoms with van der Waals surface area (Å²) in [6, 6.07) is 18.5. The van der Waals surface area contributed by atoms with Gasteiger partial charge in [0.15, 0.2) is 0 Å². The normalized spacial score (nSPS) is 17.9. The maximum Gasteiger partial charge on any atom is 0.318 e. The van der Waals surface area contributed by atoms with E-state index in [2.05, 4.69) is 57.9 Å². The molecule has 4 aromatic rings. The molecule has 1 atom stereocenters. The molecule has 1 unspecified atom stereocenters. The fourth-order valence-corrected chi connectivity index (χ4v) is 7.80. The Kier molecular flexibility index (Phi) is 10.2. The summed E-state index contributed by atoms with van der Waals surface area (Å²) in [6.07, 6.45) is 3.05. The third-order valence-corrected chi connectivity index (χ3v) is 10.7. The summed E-state index contributed by atoms with van der Waals surface area (Å²) in [7, 11) is 3.93. The number of para-hydroxylation sites is 1. The zero-order valence-electron chi connectivity index (χ0n) is 28.6. The Morgan fingerprint density at radius 1 is 0.940 bits per heavy atom. The second-order valence-corrected chi connectivity index (χ2v) is 14.0. The van der Waals surface area contributed by atoms with Crippen LogP contribution in [0.15, 0.2) is 66.7 Å². The molecule has 7 rings (SSSR count). The third-order valence-electron chi connectivity index (χ3n) is 10.1. The average Bonchev–Trinajstić information content (AvgIpc) is 3.56. The molecule has 0 bridgehead atoms. The number of rotatable bonds is 10. The van der Waals surface area contributed by atoms with E-state index in [1.54, 1.807) is 13.1 Å². The van der Waals surface area contributed by atoms with Crippen molar-refractivity contribution in [3.05, 3.63) is 88.1 Å². The van der Waals surface area contributed by atoms with Crippen molar-refractivity contribution in [2.75, 3.05) is 81.7 Å². The van der Waals surface area contributed by atoms with Gasteiger partial charge in [0, 0.05) is 68.0 Å². The topological polar surface area (TPSA) is 86.3 Å². The van der Waals surface area contributed by atoms with Gasteiger partial charge in [0.05, 0.1) is 28.0 Å². The van der Waals surface area contributed by atoms with E-state index in [0.717, 1.165) is 64.5 Å². The molecule has 0 saturated carbocycles. The van der Waals surface area contributed by atoms with E-state index in [9.17, 15) is 4.79 Å². The number of nitrogens with one attached hydrogen (secondary N) is 1. The zero-order chi connectivity index (χ0) is 34.8. The lowest BCUT2D eigenvalue weighted by Crippen LogP contribution is -2.50. The predicted octanol–water partition coefficient (Wildman–Crippen LogP) is 6.30. The maximum absolute atomic E-state index is 13.4. The van der Waals surface area contributed by atoms with Crippen molar-refractivity contribution in [3.63, 3.8) is 0 Å². The maximum atomic E-state index is 13.4. The number of nitrogens with zero attached hydrogens (tertiary/aromatic N) is 6. The minimum Gasteiger partial charge on any atom is -0.486 e. The fourth-order valence-electron chi connectivity index (χ4n) is 7.26. The highest BCUT2D eigenvalue weighted by molar-refractivity contribution is 6.36. The summed E-state index contributed by atoms with van der Waals surface area (Å²) in [5.74, 6) is 1.36. The third kappa shape index (κ3) is 7.02. The number of carbonyl (C=O) groups excluding carboxylic acids is 1. The summed E-state index contributed by atoms with van der Waals surface area (Å²) in [5.41, 5.74) is 4.27. The fraction of sp³-hybridized carbons (Fsp3) is 0.395. The van der Waals surface area contributed by atoms with Crippen molar-refractivity contribution >= 4 is 57.1 Å². The Balaban J connectivity index is 1.08. The lowest BCUT2D eigenvalue weighted by molar-refractivity contribution is -0.127. The molecule has 1 aromatic heterocycles. The first-order valence-electron chi connectivity index (χ1n) is 17.3. The summed E-state index contributed by atoms with van der Waals surface area (Å²) in [6.45, 7) is 9.52. The van der Waals surface area contributed by atoms with Crippen molar-refractivity contribution in [2.24, 2.45) is 0 Å². The van der Waals surface area contributed by atoms with Crippen LogP contribution in [0.25, 0.3) is 10.8 Å². The number of aromatic nitrogens is 2. The molecule has 2 fully saturated rings. The molecule has 50 heavy (non-hydrogen) atoms. The molecule has 12 heteroatoms. The standard InChI is InChI=1S/C38H43Cl2N7O3/c1-25(23-49-33-14-6-12-30(40)35(33)41-2)37(48)46-20-18-45(19-21-46)36-28-15-17-47(32-13-5-9-26-8-4-11-29(39)34(26)32)22-31(28)42-38(43-36)50-24-27-10-7-16-44(27)3/h4-6,8-9,11-14,27,41H,1,7,10,15-24H2,2-3H3. The minimum atomic E-state index is -0.114. The number of fused-ring (bicyclic) bond motifs is 2. The van der Waals surface area contributed by atoms with Crippen LogP contribution in [0.3, 0.4) is 0 Å². The number of likely N-dealkylation sites (tertiary alicyclic amines) is 1. The largest absolute Gasteiger partial charge is 0.486 e. The minimum absolute atomic E-state index is 0.0722. The van der Waals surface area contributed by atoms with Gasteiger partial charge in [-0.1, -0.05) is 60.1 Å². The number of amides is 1. The summed E-state index contributed by atoms with van der Waals surface area (Å²) < 4.78 is 12.3. The Morgan fingerprint density at radius 3 is 2.46 bits per heavy atom. The van der Waals surface area contributed by atoms with E-state index in [0.29, 0.717) is 73.4 Å². The Labute approximate surface area is 303 Å². The molecular formula is C38H43Cl2N7O3. The number of carbonyl (C=O) groups is 1. The number of anilines is 3. The number of likely N-dealkylation sites (N-methyl/N-ethyl adjacent to an activating group) is 1. The smallest absolute Gasteiger partial charge is 0.318 e. The molecule has 3 aliphatic rings. The van der Waals surface area contributed by atoms with Crippen molar-refractivity contribution in [1.29, 1.82) is 0 Å². The molecule has 2 saturated heterocycles. The molecule has 0 radical (unpaired) electrons. The first-order chi connectivity index (χ1) is 24.3. The second-order valence-electron chi connectivity index (χ2n) is 13.2. The lowest BCUT2D eigenvalue weighted by atomic mass is 10.0. The van der Waals surface area contributed by atoms with E-state index in [4.69, 9.17) is 42.6 Å². The van der Waals surface area contributed by atoms with Crippen LogP contribution < -0.4 is 24.6 Å². The van der Waals surface area contributed by atoms with Gasteiger partial charge in [-0.2, -0.15) is 9.97 Å². The van der Waals surface area contributed by atoms with Gasteiger partial charge in [-0.25, -0.2) is 0 Å². The van der Waals surface area contributed by atoms with E-state index < -0.39 is 0 Å². The molecule has 4 heterocycles. The lowest BCUT2D eigenvalue weighted by Gasteiger charge is -2.38. The van der Waals surface area contributed by atoms with Crippen molar-refractivity contribution in [3.8, 4) is 11.8 Å². The Hall–Kier alpha value is -4.25. The molecule has 3 aliphatic heterocycles. The predicted molar refractivity (Wildman–Crippen MR) is 201 cm³/mol.